The van der Waals surface area contributed by atoms with E-state index in [4.69, 9.17) is 17.3 Å². The highest BCUT2D eigenvalue weighted by Gasteiger charge is 2.70. The largest absolute Gasteiger partial charge is 0.370 e. The zero-order chi connectivity index (χ0) is 22.6. The van der Waals surface area contributed by atoms with E-state index >= 15 is 0 Å². The van der Waals surface area contributed by atoms with Crippen LogP contribution in [-0.4, -0.2) is 41.1 Å². The van der Waals surface area contributed by atoms with Crippen molar-refractivity contribution in [2.45, 2.75) is 24.4 Å². The molecule has 5 rings (SSSR count). The number of halogens is 1. The number of para-hydroxylation sites is 1. The second-order valence-corrected chi connectivity index (χ2v) is 8.82. The molecule has 0 saturated carbocycles. The van der Waals surface area contributed by atoms with Crippen LogP contribution in [-0.2, 0) is 31.1 Å². The number of imide groups is 1. The van der Waals surface area contributed by atoms with Crippen molar-refractivity contribution in [2.75, 3.05) is 11.9 Å². The first-order valence-corrected chi connectivity index (χ1v) is 10.8. The Kier molecular flexibility index (Phi) is 4.79. The molecule has 4 amide bonds. The van der Waals surface area contributed by atoms with E-state index in [1.807, 2.05) is 30.3 Å². The average molecular weight is 453 g/mol. The molecule has 3 aliphatic heterocycles. The Hall–Kier alpha value is -3.23. The number of carbonyl (C=O) groups is 4. The van der Waals surface area contributed by atoms with Crippen molar-refractivity contribution < 1.29 is 19.2 Å². The third-order valence-corrected chi connectivity index (χ3v) is 6.99. The predicted molar refractivity (Wildman–Crippen MR) is 116 cm³/mol. The van der Waals surface area contributed by atoms with Gasteiger partial charge in [-0.25, -0.2) is 0 Å². The van der Waals surface area contributed by atoms with Crippen LogP contribution in [0.25, 0.3) is 0 Å². The van der Waals surface area contributed by atoms with Crippen molar-refractivity contribution >= 4 is 40.9 Å². The van der Waals surface area contributed by atoms with Gasteiger partial charge < -0.3 is 11.1 Å². The fraction of sp³-hybridized carbons (Fsp3) is 0.304. The molecule has 1 spiro atoms. The van der Waals surface area contributed by atoms with Gasteiger partial charge in [0.05, 0.1) is 22.5 Å². The van der Waals surface area contributed by atoms with Crippen LogP contribution in [0, 0.1) is 11.8 Å². The predicted octanol–water partition coefficient (Wildman–Crippen LogP) is 1.18. The molecule has 2 aromatic carbocycles. The number of nitrogens with zero attached hydrogens (tertiary/aromatic N) is 1. The van der Waals surface area contributed by atoms with E-state index in [9.17, 15) is 19.2 Å². The molecule has 0 aromatic heterocycles. The molecule has 2 fully saturated rings. The van der Waals surface area contributed by atoms with E-state index in [0.717, 1.165) is 5.56 Å². The highest BCUT2D eigenvalue weighted by molar-refractivity contribution is 6.35. The number of benzene rings is 2. The van der Waals surface area contributed by atoms with Crippen LogP contribution in [0.2, 0.25) is 5.02 Å². The van der Waals surface area contributed by atoms with Gasteiger partial charge >= 0.3 is 0 Å². The van der Waals surface area contributed by atoms with Crippen molar-refractivity contribution in [3.05, 3.63) is 64.7 Å². The van der Waals surface area contributed by atoms with Crippen LogP contribution in [0.5, 0.6) is 0 Å². The SMILES string of the molecule is NC(=O)C[C@@H]1N[C@]2(C(=O)Nc3c(Cl)cccc32)[C@@H]2C(=O)N(CCc3ccccc3)C(=O)[C@H]12. The number of primary amides is 1. The lowest BCUT2D eigenvalue weighted by Gasteiger charge is -2.29. The molecule has 2 aromatic rings. The summed E-state index contributed by atoms with van der Waals surface area (Å²) in [4.78, 5) is 53.2. The Morgan fingerprint density at radius 3 is 2.53 bits per heavy atom. The van der Waals surface area contributed by atoms with Gasteiger partial charge in [0.1, 0.15) is 5.54 Å². The topological polar surface area (TPSA) is 122 Å². The van der Waals surface area contributed by atoms with E-state index in [1.165, 1.54) is 4.90 Å². The number of nitrogens with one attached hydrogen (secondary N) is 2. The second-order valence-electron chi connectivity index (χ2n) is 8.41. The van der Waals surface area contributed by atoms with Crippen LogP contribution in [0.3, 0.4) is 0 Å². The van der Waals surface area contributed by atoms with Gasteiger partial charge in [-0.05, 0) is 18.1 Å². The third-order valence-electron chi connectivity index (χ3n) is 6.68. The van der Waals surface area contributed by atoms with Crippen LogP contribution in [0.15, 0.2) is 48.5 Å². The van der Waals surface area contributed by atoms with Crippen molar-refractivity contribution in [2.24, 2.45) is 17.6 Å². The quantitative estimate of drug-likeness (QED) is 0.588. The number of anilines is 1. The van der Waals surface area contributed by atoms with E-state index in [1.54, 1.807) is 18.2 Å². The fourth-order valence-electron chi connectivity index (χ4n) is 5.35. The zero-order valence-electron chi connectivity index (χ0n) is 17.0. The molecule has 8 nitrogen and oxygen atoms in total. The van der Waals surface area contributed by atoms with Crippen LogP contribution >= 0.6 is 11.6 Å². The summed E-state index contributed by atoms with van der Waals surface area (Å²) in [6.07, 6.45) is 0.324. The summed E-state index contributed by atoms with van der Waals surface area (Å²) in [5, 5.41) is 6.24. The van der Waals surface area contributed by atoms with E-state index in [-0.39, 0.29) is 13.0 Å². The second kappa shape index (κ2) is 7.43. The van der Waals surface area contributed by atoms with Gasteiger partial charge in [-0.2, -0.15) is 0 Å². The molecule has 4 N–H and O–H groups in total. The van der Waals surface area contributed by atoms with Gasteiger partial charge in [-0.3, -0.25) is 29.4 Å². The highest BCUT2D eigenvalue weighted by Crippen LogP contribution is 2.54. The Labute approximate surface area is 189 Å². The van der Waals surface area contributed by atoms with Crippen LogP contribution in [0.1, 0.15) is 17.5 Å². The molecule has 3 heterocycles. The normalized spacial score (nSPS) is 28.2. The number of fused-ring (bicyclic) bond motifs is 4. The molecule has 0 unspecified atom stereocenters. The molecule has 0 radical (unpaired) electrons. The summed E-state index contributed by atoms with van der Waals surface area (Å²) < 4.78 is 0. The van der Waals surface area contributed by atoms with E-state index in [2.05, 4.69) is 10.6 Å². The van der Waals surface area contributed by atoms with Gasteiger partial charge in [0.2, 0.25) is 23.6 Å². The first-order chi connectivity index (χ1) is 15.3. The molecular formula is C23H21ClN4O4. The Morgan fingerprint density at radius 2 is 1.81 bits per heavy atom. The van der Waals surface area contributed by atoms with Crippen LogP contribution in [0.4, 0.5) is 5.69 Å². The van der Waals surface area contributed by atoms with Crippen molar-refractivity contribution in [1.29, 1.82) is 0 Å². The number of likely N-dealkylation sites (tertiary alicyclic amines) is 1. The number of nitrogens with two attached hydrogens (primary N) is 1. The monoisotopic (exact) mass is 452 g/mol. The van der Waals surface area contributed by atoms with Crippen molar-refractivity contribution in [3.63, 3.8) is 0 Å². The summed E-state index contributed by atoms with van der Waals surface area (Å²) in [6.45, 7) is 0.193. The number of amides is 4. The number of hydrogen-bond donors (Lipinski definition) is 3. The Balaban J connectivity index is 1.55. The van der Waals surface area contributed by atoms with Gasteiger partial charge in [-0.1, -0.05) is 54.1 Å². The summed E-state index contributed by atoms with van der Waals surface area (Å²) in [6, 6.07) is 13.8. The standard InChI is InChI=1S/C23H21ClN4O4/c24-14-8-4-7-13-19(14)26-22(32)23(13)18-17(15(27-23)11-16(25)29)20(30)28(21(18)31)10-9-12-5-2-1-3-6-12/h1-8,15,17-18,27H,9-11H2,(H2,25,29)(H,26,32)/t15-,17+,18-,23-/m0/s1. The fourth-order valence-corrected chi connectivity index (χ4v) is 5.57. The highest BCUT2D eigenvalue weighted by atomic mass is 35.5. The molecule has 0 bridgehead atoms. The number of rotatable bonds is 5. The molecule has 4 atom stereocenters. The average Bonchev–Trinajstić information content (AvgIpc) is 3.33. The summed E-state index contributed by atoms with van der Waals surface area (Å²) >= 11 is 6.29. The molecular weight excluding hydrogens is 432 g/mol. The molecule has 164 valence electrons. The van der Waals surface area contributed by atoms with Gasteiger partial charge in [0.15, 0.2) is 0 Å². The maximum absolute atomic E-state index is 13.6. The molecule has 2 saturated heterocycles. The van der Waals surface area contributed by atoms with Crippen molar-refractivity contribution in [1.82, 2.24) is 10.2 Å². The van der Waals surface area contributed by atoms with Crippen LogP contribution < -0.4 is 16.4 Å². The maximum atomic E-state index is 13.6. The zero-order valence-corrected chi connectivity index (χ0v) is 17.8. The van der Waals surface area contributed by atoms with E-state index < -0.39 is 47.0 Å². The first kappa shape index (κ1) is 20.7. The minimum absolute atomic E-state index is 0.169. The van der Waals surface area contributed by atoms with Gasteiger partial charge in [0.25, 0.3) is 0 Å². The summed E-state index contributed by atoms with van der Waals surface area (Å²) in [7, 11) is 0. The number of hydrogen-bond acceptors (Lipinski definition) is 5. The smallest absolute Gasteiger partial charge is 0.250 e. The molecule has 3 aliphatic rings. The van der Waals surface area contributed by atoms with Crippen molar-refractivity contribution in [3.8, 4) is 0 Å². The summed E-state index contributed by atoms with van der Waals surface area (Å²) in [5.41, 5.74) is 5.85. The first-order valence-electron chi connectivity index (χ1n) is 10.4. The molecule has 0 aliphatic carbocycles. The summed E-state index contributed by atoms with van der Waals surface area (Å²) in [5.74, 6) is -3.77. The third kappa shape index (κ3) is 2.87. The molecule has 9 heteroatoms. The number of carbonyl (C=O) groups excluding carboxylic acids is 4. The maximum Gasteiger partial charge on any atom is 0.250 e. The minimum Gasteiger partial charge on any atom is -0.370 e. The minimum atomic E-state index is -1.49. The lowest BCUT2D eigenvalue weighted by molar-refractivity contribution is -0.142. The Morgan fingerprint density at radius 1 is 1.06 bits per heavy atom. The molecule has 32 heavy (non-hydrogen) atoms. The lowest BCUT2D eigenvalue weighted by Crippen LogP contribution is -2.53. The van der Waals surface area contributed by atoms with E-state index in [0.29, 0.717) is 22.7 Å². The Bertz CT molecular complexity index is 1150. The van der Waals surface area contributed by atoms with Gasteiger partial charge in [0, 0.05) is 24.6 Å². The van der Waals surface area contributed by atoms with Gasteiger partial charge in [-0.15, -0.1) is 0 Å². The lowest BCUT2D eigenvalue weighted by atomic mass is 9.76.